The largest absolute Gasteiger partial charge is 0.452 e. The molecule has 0 aliphatic heterocycles. The maximum Gasteiger partial charge on any atom is 0.340 e. The van der Waals surface area contributed by atoms with Gasteiger partial charge in [-0.05, 0) is 43.2 Å². The molecule has 114 valence electrons. The Labute approximate surface area is 129 Å². The number of nitrogens with zero attached hydrogens (tertiary/aromatic N) is 1. The fourth-order valence-electron chi connectivity index (χ4n) is 1.82. The third-order valence-corrected chi connectivity index (χ3v) is 3.13. The molecule has 1 N–H and O–H groups in total. The SMILES string of the molecule is CCc1ccc(NC(=O)COC(=O)c2ccc(C)nc2)cc1. The zero-order valence-electron chi connectivity index (χ0n) is 12.6. The highest BCUT2D eigenvalue weighted by Crippen LogP contribution is 2.10. The molecule has 0 spiro atoms. The number of ether oxygens (including phenoxy) is 1. The minimum atomic E-state index is -0.566. The summed E-state index contributed by atoms with van der Waals surface area (Å²) >= 11 is 0. The van der Waals surface area contributed by atoms with Crippen molar-refractivity contribution in [1.82, 2.24) is 4.98 Å². The molecule has 1 heterocycles. The first-order chi connectivity index (χ1) is 10.6. The molecule has 0 atom stereocenters. The van der Waals surface area contributed by atoms with Gasteiger partial charge in [0, 0.05) is 17.6 Å². The maximum atomic E-state index is 11.8. The normalized spacial score (nSPS) is 10.1. The van der Waals surface area contributed by atoms with E-state index in [4.69, 9.17) is 4.74 Å². The number of pyridine rings is 1. The number of benzene rings is 1. The molecule has 5 nitrogen and oxygen atoms in total. The third-order valence-electron chi connectivity index (χ3n) is 3.13. The molecule has 5 heteroatoms. The number of carbonyl (C=O) groups is 2. The molecule has 1 aromatic heterocycles. The zero-order valence-corrected chi connectivity index (χ0v) is 12.6. The minimum absolute atomic E-state index is 0.325. The number of aromatic nitrogens is 1. The van der Waals surface area contributed by atoms with Crippen LogP contribution in [0.5, 0.6) is 0 Å². The maximum absolute atomic E-state index is 11.8. The van der Waals surface area contributed by atoms with Crippen molar-refractivity contribution in [2.45, 2.75) is 20.3 Å². The lowest BCUT2D eigenvalue weighted by molar-refractivity contribution is -0.119. The Bertz CT molecular complexity index is 649. The Hall–Kier alpha value is -2.69. The molecular formula is C17H18N2O3. The second-order valence-electron chi connectivity index (χ2n) is 4.86. The van der Waals surface area contributed by atoms with E-state index in [0.29, 0.717) is 11.3 Å². The van der Waals surface area contributed by atoms with Crippen molar-refractivity contribution in [3.63, 3.8) is 0 Å². The Kier molecular flexibility index (Phi) is 5.25. The molecule has 0 aliphatic rings. The Morgan fingerprint density at radius 2 is 1.86 bits per heavy atom. The van der Waals surface area contributed by atoms with Crippen LogP contribution >= 0.6 is 0 Å². The fourth-order valence-corrected chi connectivity index (χ4v) is 1.82. The lowest BCUT2D eigenvalue weighted by Gasteiger charge is -2.07. The van der Waals surface area contributed by atoms with E-state index in [0.717, 1.165) is 12.1 Å². The van der Waals surface area contributed by atoms with E-state index in [2.05, 4.69) is 17.2 Å². The Morgan fingerprint density at radius 1 is 1.14 bits per heavy atom. The molecule has 22 heavy (non-hydrogen) atoms. The van der Waals surface area contributed by atoms with E-state index in [-0.39, 0.29) is 12.5 Å². The number of esters is 1. The van der Waals surface area contributed by atoms with Crippen LogP contribution in [-0.4, -0.2) is 23.5 Å². The van der Waals surface area contributed by atoms with Gasteiger partial charge in [0.2, 0.25) is 0 Å². The lowest BCUT2D eigenvalue weighted by atomic mass is 10.1. The van der Waals surface area contributed by atoms with Crippen molar-refractivity contribution in [2.24, 2.45) is 0 Å². The predicted octanol–water partition coefficient (Wildman–Crippen LogP) is 2.75. The van der Waals surface area contributed by atoms with Crippen molar-refractivity contribution in [3.8, 4) is 0 Å². The van der Waals surface area contributed by atoms with Gasteiger partial charge < -0.3 is 10.1 Å². The van der Waals surface area contributed by atoms with Crippen LogP contribution in [-0.2, 0) is 16.0 Å². The summed E-state index contributed by atoms with van der Waals surface area (Å²) < 4.78 is 4.96. The minimum Gasteiger partial charge on any atom is -0.452 e. The quantitative estimate of drug-likeness (QED) is 0.862. The van der Waals surface area contributed by atoms with Crippen LogP contribution in [0.15, 0.2) is 42.6 Å². The van der Waals surface area contributed by atoms with E-state index in [1.54, 1.807) is 12.1 Å². The van der Waals surface area contributed by atoms with E-state index in [1.807, 2.05) is 31.2 Å². The molecule has 2 aromatic rings. The highest BCUT2D eigenvalue weighted by atomic mass is 16.5. The average Bonchev–Trinajstić information content (AvgIpc) is 2.54. The number of hydrogen-bond donors (Lipinski definition) is 1. The van der Waals surface area contributed by atoms with Gasteiger partial charge in [-0.2, -0.15) is 0 Å². The van der Waals surface area contributed by atoms with Crippen LogP contribution in [0, 0.1) is 6.92 Å². The predicted molar refractivity (Wildman–Crippen MR) is 83.7 cm³/mol. The van der Waals surface area contributed by atoms with Crippen molar-refractivity contribution < 1.29 is 14.3 Å². The molecule has 0 aliphatic carbocycles. The molecular weight excluding hydrogens is 280 g/mol. The number of amides is 1. The Morgan fingerprint density at radius 3 is 2.45 bits per heavy atom. The summed E-state index contributed by atoms with van der Waals surface area (Å²) in [7, 11) is 0. The van der Waals surface area contributed by atoms with Crippen LogP contribution in [0.3, 0.4) is 0 Å². The molecule has 0 fully saturated rings. The molecule has 0 unspecified atom stereocenters. The summed E-state index contributed by atoms with van der Waals surface area (Å²) in [6.45, 7) is 3.56. The lowest BCUT2D eigenvalue weighted by Crippen LogP contribution is -2.21. The second kappa shape index (κ2) is 7.36. The van der Waals surface area contributed by atoms with Crippen molar-refractivity contribution >= 4 is 17.6 Å². The highest BCUT2D eigenvalue weighted by molar-refractivity contribution is 5.95. The van der Waals surface area contributed by atoms with Gasteiger partial charge in [-0.25, -0.2) is 4.79 Å². The molecule has 2 rings (SSSR count). The smallest absolute Gasteiger partial charge is 0.340 e. The highest BCUT2D eigenvalue weighted by Gasteiger charge is 2.10. The molecule has 0 saturated heterocycles. The van der Waals surface area contributed by atoms with Gasteiger partial charge in [0.25, 0.3) is 5.91 Å². The monoisotopic (exact) mass is 298 g/mol. The van der Waals surface area contributed by atoms with Crippen LogP contribution < -0.4 is 5.32 Å². The van der Waals surface area contributed by atoms with Crippen molar-refractivity contribution in [2.75, 3.05) is 11.9 Å². The standard InChI is InChI=1S/C17H18N2O3/c1-3-13-5-8-15(9-6-13)19-16(20)11-22-17(21)14-7-4-12(2)18-10-14/h4-10H,3,11H2,1-2H3,(H,19,20). The fraction of sp³-hybridized carbons (Fsp3) is 0.235. The molecule has 0 radical (unpaired) electrons. The molecule has 0 bridgehead atoms. The van der Waals surface area contributed by atoms with Crippen molar-refractivity contribution in [3.05, 3.63) is 59.4 Å². The summed E-state index contributed by atoms with van der Waals surface area (Å²) in [5, 5.41) is 2.68. The summed E-state index contributed by atoms with van der Waals surface area (Å²) in [5.74, 6) is -0.943. The first kappa shape index (κ1) is 15.7. The average molecular weight is 298 g/mol. The first-order valence-electron chi connectivity index (χ1n) is 7.07. The van der Waals surface area contributed by atoms with Gasteiger partial charge in [0.1, 0.15) is 0 Å². The van der Waals surface area contributed by atoms with Gasteiger partial charge in [-0.3, -0.25) is 9.78 Å². The number of rotatable bonds is 5. The summed E-state index contributed by atoms with van der Waals surface area (Å²) in [6, 6.07) is 10.9. The number of carbonyl (C=O) groups excluding carboxylic acids is 2. The molecule has 0 saturated carbocycles. The van der Waals surface area contributed by atoms with E-state index in [1.165, 1.54) is 11.8 Å². The van der Waals surface area contributed by atoms with Crippen LogP contribution in [0.25, 0.3) is 0 Å². The van der Waals surface area contributed by atoms with E-state index >= 15 is 0 Å². The summed E-state index contributed by atoms with van der Waals surface area (Å²) in [6.07, 6.45) is 2.37. The number of nitrogens with one attached hydrogen (secondary N) is 1. The zero-order chi connectivity index (χ0) is 15.9. The second-order valence-corrected chi connectivity index (χ2v) is 4.86. The molecule has 1 aromatic carbocycles. The van der Waals surface area contributed by atoms with Gasteiger partial charge in [0.05, 0.1) is 5.56 Å². The van der Waals surface area contributed by atoms with Gasteiger partial charge in [0.15, 0.2) is 6.61 Å². The summed E-state index contributed by atoms with van der Waals surface area (Å²) in [4.78, 5) is 27.5. The van der Waals surface area contributed by atoms with Crippen molar-refractivity contribution in [1.29, 1.82) is 0 Å². The van der Waals surface area contributed by atoms with Crippen LogP contribution in [0.4, 0.5) is 5.69 Å². The van der Waals surface area contributed by atoms with E-state index in [9.17, 15) is 9.59 Å². The first-order valence-corrected chi connectivity index (χ1v) is 7.07. The van der Waals surface area contributed by atoms with Crippen LogP contribution in [0.2, 0.25) is 0 Å². The van der Waals surface area contributed by atoms with Gasteiger partial charge in [-0.15, -0.1) is 0 Å². The van der Waals surface area contributed by atoms with Gasteiger partial charge >= 0.3 is 5.97 Å². The molecule has 1 amide bonds. The third kappa shape index (κ3) is 4.41. The van der Waals surface area contributed by atoms with E-state index < -0.39 is 5.97 Å². The number of hydrogen-bond acceptors (Lipinski definition) is 4. The van der Waals surface area contributed by atoms with Crippen LogP contribution in [0.1, 0.15) is 28.5 Å². The summed E-state index contributed by atoms with van der Waals surface area (Å²) in [5.41, 5.74) is 3.00. The van der Waals surface area contributed by atoms with Gasteiger partial charge in [-0.1, -0.05) is 19.1 Å². The number of anilines is 1. The Balaban J connectivity index is 1.84. The topological polar surface area (TPSA) is 68.3 Å². The number of aryl methyl sites for hydroxylation is 2.